The number of hydrogen-bond acceptors (Lipinski definition) is 6. The molecule has 3 rings (SSSR count). The molecule has 0 aliphatic rings. The van der Waals surface area contributed by atoms with Crippen molar-refractivity contribution in [1.29, 1.82) is 5.26 Å². The molecule has 0 radical (unpaired) electrons. The third kappa shape index (κ3) is 4.79. The van der Waals surface area contributed by atoms with Crippen LogP contribution in [0.15, 0.2) is 54.3 Å². The van der Waals surface area contributed by atoms with Gasteiger partial charge in [-0.1, -0.05) is 36.9 Å². The van der Waals surface area contributed by atoms with E-state index in [1.54, 1.807) is 31.1 Å². The van der Waals surface area contributed by atoms with E-state index in [0.717, 1.165) is 5.56 Å². The quantitative estimate of drug-likeness (QED) is 0.435. The second-order valence-corrected chi connectivity index (χ2v) is 6.78. The molecule has 2 heterocycles. The molecule has 0 aliphatic carbocycles. The molecule has 1 aromatic carbocycles. The summed E-state index contributed by atoms with van der Waals surface area (Å²) in [7, 11) is 3.13. The first-order chi connectivity index (χ1) is 15.5. The van der Waals surface area contributed by atoms with Crippen molar-refractivity contribution in [3.63, 3.8) is 0 Å². The zero-order valence-corrected chi connectivity index (χ0v) is 17.8. The molecular weight excluding hydrogens is 408 g/mol. The number of carbonyl (C=O) groups excluding carboxylic acids is 2. The van der Waals surface area contributed by atoms with Crippen LogP contribution in [-0.2, 0) is 7.05 Å². The number of nitrogens with one attached hydrogen (secondary N) is 1. The molecular formula is C22H22N8O2. The second-order valence-electron chi connectivity index (χ2n) is 6.78. The number of aryl methyl sites for hydroxylation is 1. The van der Waals surface area contributed by atoms with Crippen molar-refractivity contribution < 1.29 is 9.59 Å². The number of hydrogen-bond donors (Lipinski definition) is 1. The minimum Gasteiger partial charge on any atom is -0.341 e. The number of aliphatic imine (C=N–C) groups is 1. The van der Waals surface area contributed by atoms with Gasteiger partial charge in [0.15, 0.2) is 0 Å². The highest BCUT2D eigenvalue weighted by Gasteiger charge is 2.24. The number of nitriles is 1. The van der Waals surface area contributed by atoms with Crippen LogP contribution in [0.4, 0.5) is 5.95 Å². The van der Waals surface area contributed by atoms with Gasteiger partial charge in [-0.25, -0.2) is 9.98 Å². The lowest BCUT2D eigenvalue weighted by Gasteiger charge is -2.15. The summed E-state index contributed by atoms with van der Waals surface area (Å²) in [6.07, 6.45) is 6.07. The molecule has 0 fully saturated rings. The Morgan fingerprint density at radius 2 is 2.09 bits per heavy atom. The molecule has 2 amide bonds. The van der Waals surface area contributed by atoms with E-state index in [1.165, 1.54) is 22.1 Å². The summed E-state index contributed by atoms with van der Waals surface area (Å²) in [6.45, 7) is 4.00. The van der Waals surface area contributed by atoms with Gasteiger partial charge in [0.25, 0.3) is 11.8 Å². The molecule has 0 unspecified atom stereocenters. The zero-order chi connectivity index (χ0) is 23.1. The number of amides is 2. The van der Waals surface area contributed by atoms with Crippen molar-refractivity contribution >= 4 is 30.3 Å². The molecule has 32 heavy (non-hydrogen) atoms. The molecule has 162 valence electrons. The van der Waals surface area contributed by atoms with Crippen LogP contribution in [0.5, 0.6) is 0 Å². The number of imidazole rings is 1. The third-order valence-corrected chi connectivity index (χ3v) is 4.64. The second kappa shape index (κ2) is 9.99. The van der Waals surface area contributed by atoms with Crippen LogP contribution >= 0.6 is 0 Å². The first kappa shape index (κ1) is 22.2. The van der Waals surface area contributed by atoms with E-state index in [-0.39, 0.29) is 24.2 Å². The maximum atomic E-state index is 12.7. The Kier molecular flexibility index (Phi) is 6.92. The lowest BCUT2D eigenvalue weighted by Crippen LogP contribution is -2.31. The first-order valence-electron chi connectivity index (χ1n) is 9.71. The minimum absolute atomic E-state index is 0.0855. The van der Waals surface area contributed by atoms with E-state index >= 15 is 0 Å². The Labute approximate surface area is 185 Å². The Hall–Kier alpha value is -4.52. The van der Waals surface area contributed by atoms with Gasteiger partial charge in [-0.3, -0.25) is 18.8 Å². The van der Waals surface area contributed by atoms with E-state index < -0.39 is 11.8 Å². The Bertz CT molecular complexity index is 1200. The monoisotopic (exact) mass is 430 g/mol. The molecule has 0 aliphatic heterocycles. The lowest BCUT2D eigenvalue weighted by molar-refractivity contribution is 0.0790. The number of benzene rings is 1. The van der Waals surface area contributed by atoms with Crippen LogP contribution in [0.3, 0.4) is 0 Å². The third-order valence-electron chi connectivity index (χ3n) is 4.64. The van der Waals surface area contributed by atoms with Gasteiger partial charge in [0.1, 0.15) is 5.69 Å². The fraction of sp³-hybridized carbons (Fsp3) is 0.182. The van der Waals surface area contributed by atoms with Gasteiger partial charge >= 0.3 is 0 Å². The maximum Gasteiger partial charge on any atom is 0.275 e. The molecule has 2 aromatic heterocycles. The Morgan fingerprint density at radius 3 is 2.78 bits per heavy atom. The number of aromatic nitrogens is 4. The van der Waals surface area contributed by atoms with Crippen molar-refractivity contribution in [3.05, 3.63) is 60.6 Å². The van der Waals surface area contributed by atoms with Crippen LogP contribution < -0.4 is 5.32 Å². The van der Waals surface area contributed by atoms with E-state index in [1.807, 2.05) is 36.4 Å². The standard InChI is InChI=1S/C22H22N8O2/c1-4-30-14-18(16-9-6-5-7-10-16)27-22(30)25-15-24-20(31)19-17(13-26-29(19)3)21(32)28(2)12-8-11-23/h4-7,9-10,13-15H,1,8,12H2,2-3H3,(H,24,25,27,31). The van der Waals surface area contributed by atoms with E-state index in [4.69, 9.17) is 5.26 Å². The molecule has 0 spiro atoms. The highest BCUT2D eigenvalue weighted by Crippen LogP contribution is 2.22. The molecule has 0 atom stereocenters. The topological polar surface area (TPSA) is 121 Å². The van der Waals surface area contributed by atoms with Crippen LogP contribution in [0.2, 0.25) is 0 Å². The molecule has 1 N–H and O–H groups in total. The Morgan fingerprint density at radius 1 is 1.34 bits per heavy atom. The van der Waals surface area contributed by atoms with E-state index in [2.05, 4.69) is 27.0 Å². The number of rotatable bonds is 8. The van der Waals surface area contributed by atoms with Crippen LogP contribution in [0, 0.1) is 11.3 Å². The largest absolute Gasteiger partial charge is 0.341 e. The number of nitrogens with zero attached hydrogens (tertiary/aromatic N) is 7. The van der Waals surface area contributed by atoms with Gasteiger partial charge in [-0.2, -0.15) is 10.4 Å². The van der Waals surface area contributed by atoms with Crippen LogP contribution in [0.1, 0.15) is 27.3 Å². The summed E-state index contributed by atoms with van der Waals surface area (Å²) in [4.78, 5) is 35.4. The van der Waals surface area contributed by atoms with Crippen molar-refractivity contribution in [2.24, 2.45) is 12.0 Å². The predicted molar refractivity (Wildman–Crippen MR) is 120 cm³/mol. The van der Waals surface area contributed by atoms with Crippen molar-refractivity contribution in [1.82, 2.24) is 29.5 Å². The average Bonchev–Trinajstić information content (AvgIpc) is 3.40. The molecule has 0 saturated carbocycles. The predicted octanol–water partition coefficient (Wildman–Crippen LogP) is 2.46. The van der Waals surface area contributed by atoms with Crippen molar-refractivity contribution in [3.8, 4) is 17.3 Å². The molecule has 3 aromatic rings. The van der Waals surface area contributed by atoms with Gasteiger partial charge in [-0.05, 0) is 0 Å². The highest BCUT2D eigenvalue weighted by molar-refractivity contribution is 6.08. The molecule has 0 saturated heterocycles. The summed E-state index contributed by atoms with van der Waals surface area (Å²) in [5.74, 6) is -0.618. The Balaban J connectivity index is 1.76. The minimum atomic E-state index is -0.550. The summed E-state index contributed by atoms with van der Waals surface area (Å²) in [5, 5.41) is 15.3. The first-order valence-corrected chi connectivity index (χ1v) is 9.71. The highest BCUT2D eigenvalue weighted by atomic mass is 16.2. The van der Waals surface area contributed by atoms with Gasteiger partial charge in [0, 0.05) is 38.6 Å². The summed E-state index contributed by atoms with van der Waals surface area (Å²) in [6, 6.07) is 11.6. The van der Waals surface area contributed by atoms with Crippen molar-refractivity contribution in [2.45, 2.75) is 6.42 Å². The maximum absolute atomic E-state index is 12.7. The summed E-state index contributed by atoms with van der Waals surface area (Å²) < 4.78 is 2.95. The van der Waals surface area contributed by atoms with Gasteiger partial charge < -0.3 is 10.2 Å². The number of carbonyl (C=O) groups is 2. The fourth-order valence-electron chi connectivity index (χ4n) is 2.97. The lowest BCUT2D eigenvalue weighted by atomic mass is 10.2. The van der Waals surface area contributed by atoms with Gasteiger partial charge in [-0.15, -0.1) is 0 Å². The van der Waals surface area contributed by atoms with Crippen LogP contribution in [0.25, 0.3) is 17.5 Å². The smallest absolute Gasteiger partial charge is 0.275 e. The van der Waals surface area contributed by atoms with Gasteiger partial charge in [0.05, 0.1) is 36.3 Å². The normalized spacial score (nSPS) is 10.7. The van der Waals surface area contributed by atoms with Crippen molar-refractivity contribution in [2.75, 3.05) is 13.6 Å². The SMILES string of the molecule is C=Cn1cc(-c2ccccc2)nc1N=CNC(=O)c1c(C(=O)N(C)CCC#N)cnn1C. The van der Waals surface area contributed by atoms with Gasteiger partial charge in [0.2, 0.25) is 5.95 Å². The molecule has 10 heteroatoms. The van der Waals surface area contributed by atoms with Crippen LogP contribution in [-0.4, -0.2) is 56.0 Å². The fourth-order valence-corrected chi connectivity index (χ4v) is 2.97. The molecule has 0 bridgehead atoms. The molecule has 10 nitrogen and oxygen atoms in total. The summed E-state index contributed by atoms with van der Waals surface area (Å²) in [5.41, 5.74) is 1.86. The summed E-state index contributed by atoms with van der Waals surface area (Å²) >= 11 is 0. The van der Waals surface area contributed by atoms with E-state index in [9.17, 15) is 9.59 Å². The van der Waals surface area contributed by atoms with E-state index in [0.29, 0.717) is 11.6 Å². The zero-order valence-electron chi connectivity index (χ0n) is 17.8. The average molecular weight is 430 g/mol.